The smallest absolute Gasteiger partial charge is 0.127 e. The average molecular weight is 498 g/mol. The summed E-state index contributed by atoms with van der Waals surface area (Å²) >= 11 is 0. The van der Waals surface area contributed by atoms with Gasteiger partial charge < -0.3 is 19.3 Å². The first-order chi connectivity index (χ1) is 17.4. The van der Waals surface area contributed by atoms with Crippen molar-refractivity contribution in [1.82, 2.24) is 15.0 Å². The van der Waals surface area contributed by atoms with Crippen molar-refractivity contribution in [3.8, 4) is 11.5 Å². The Morgan fingerprint density at radius 2 is 1.94 bits per heavy atom. The van der Waals surface area contributed by atoms with Crippen molar-refractivity contribution in [3.05, 3.63) is 59.0 Å². The molecule has 1 aromatic carbocycles. The van der Waals surface area contributed by atoms with Gasteiger partial charge in [-0.2, -0.15) is 0 Å². The maximum absolute atomic E-state index is 11.2. The number of nitrogens with zero attached hydrogens (tertiary/aromatic N) is 3. The quantitative estimate of drug-likeness (QED) is 0.244. The minimum Gasteiger partial charge on any atom is -0.507 e. The molecule has 2 aromatic rings. The van der Waals surface area contributed by atoms with Crippen LogP contribution >= 0.6 is 0 Å². The first kappa shape index (κ1) is 27.9. The molecule has 1 N–H and O–H groups in total. The monoisotopic (exact) mass is 497 g/mol. The normalized spacial score (nSPS) is 17.7. The van der Waals surface area contributed by atoms with Gasteiger partial charge in [-0.1, -0.05) is 48.8 Å². The van der Waals surface area contributed by atoms with Gasteiger partial charge in [0.15, 0.2) is 0 Å². The Kier molecular flexibility index (Phi) is 11.0. The van der Waals surface area contributed by atoms with Gasteiger partial charge in [0, 0.05) is 18.5 Å². The number of hydrogen-bond donors (Lipinski definition) is 1. The molecule has 0 amide bonds. The van der Waals surface area contributed by atoms with Crippen LogP contribution in [0.15, 0.2) is 42.1 Å². The van der Waals surface area contributed by atoms with E-state index < -0.39 is 0 Å². The summed E-state index contributed by atoms with van der Waals surface area (Å²) in [5.74, 6) is 1.42. The maximum Gasteiger partial charge on any atom is 0.127 e. The van der Waals surface area contributed by atoms with Crippen LogP contribution in [0.2, 0.25) is 0 Å². The lowest BCUT2D eigenvalue weighted by molar-refractivity contribution is 0.0293. The number of aromatic hydroxyl groups is 1. The van der Waals surface area contributed by atoms with Crippen molar-refractivity contribution in [2.45, 2.75) is 71.8 Å². The molecule has 1 aliphatic carbocycles. The SMILES string of the molecule is C=C(C)C1CCC(C)=CC1c1c(O)cc(CCCCC)cc1OCCOCCOCc1cn(C)nn1. The molecule has 36 heavy (non-hydrogen) atoms. The van der Waals surface area contributed by atoms with Gasteiger partial charge in [0.2, 0.25) is 0 Å². The molecule has 7 nitrogen and oxygen atoms in total. The third-order valence-corrected chi connectivity index (χ3v) is 6.72. The topological polar surface area (TPSA) is 78.6 Å². The highest BCUT2D eigenvalue weighted by Crippen LogP contribution is 2.47. The van der Waals surface area contributed by atoms with Crippen molar-refractivity contribution >= 4 is 0 Å². The number of phenolic OH excluding ortho intramolecular Hbond substituents is 1. The van der Waals surface area contributed by atoms with Gasteiger partial charge in [0.05, 0.1) is 32.6 Å². The predicted molar refractivity (Wildman–Crippen MR) is 142 cm³/mol. The fraction of sp³-hybridized carbons (Fsp3) is 0.586. The first-order valence-electron chi connectivity index (χ1n) is 13.2. The van der Waals surface area contributed by atoms with E-state index in [0.29, 0.717) is 38.8 Å². The summed E-state index contributed by atoms with van der Waals surface area (Å²) in [5, 5.41) is 19.1. The Hall–Kier alpha value is -2.64. The average Bonchev–Trinajstić information content (AvgIpc) is 3.25. The molecule has 0 aliphatic heterocycles. The highest BCUT2D eigenvalue weighted by Gasteiger charge is 2.30. The standard InChI is InChI=1S/C29H43N3O4/c1-6-7-8-9-23-17-27(33)29(26-16-22(4)10-11-25(26)21(2)3)28(18-23)36-15-14-34-12-13-35-20-24-19-32(5)31-30-24/h16-19,25-26,33H,2,6-15,20H2,1,3-5H3. The van der Waals surface area contributed by atoms with Crippen LogP contribution in [0.5, 0.6) is 11.5 Å². The molecular formula is C29H43N3O4. The van der Waals surface area contributed by atoms with E-state index in [2.05, 4.69) is 49.8 Å². The van der Waals surface area contributed by atoms with Crippen LogP contribution in [0.4, 0.5) is 0 Å². The zero-order chi connectivity index (χ0) is 25.9. The summed E-state index contributed by atoms with van der Waals surface area (Å²) in [6.45, 7) is 12.9. The molecule has 3 rings (SSSR count). The van der Waals surface area contributed by atoms with E-state index in [1.165, 1.54) is 18.4 Å². The number of hydrogen-bond acceptors (Lipinski definition) is 6. The molecule has 0 spiro atoms. The van der Waals surface area contributed by atoms with E-state index in [1.54, 1.807) is 4.68 Å². The van der Waals surface area contributed by atoms with E-state index in [0.717, 1.165) is 53.8 Å². The Morgan fingerprint density at radius 1 is 1.17 bits per heavy atom. The van der Waals surface area contributed by atoms with Gasteiger partial charge in [-0.05, 0) is 63.1 Å². The van der Waals surface area contributed by atoms with Gasteiger partial charge >= 0.3 is 0 Å². The lowest BCUT2D eigenvalue weighted by Crippen LogP contribution is -2.19. The summed E-state index contributed by atoms with van der Waals surface area (Å²) in [6.07, 6.45) is 10.6. The second-order valence-electron chi connectivity index (χ2n) is 9.91. The van der Waals surface area contributed by atoms with Crippen LogP contribution in [-0.2, 0) is 29.5 Å². The molecule has 0 fully saturated rings. The van der Waals surface area contributed by atoms with E-state index in [4.69, 9.17) is 14.2 Å². The van der Waals surface area contributed by atoms with Crippen molar-refractivity contribution in [3.63, 3.8) is 0 Å². The van der Waals surface area contributed by atoms with Crippen molar-refractivity contribution in [1.29, 1.82) is 0 Å². The predicted octanol–water partition coefficient (Wildman–Crippen LogP) is 5.88. The Bertz CT molecular complexity index is 1010. The fourth-order valence-corrected chi connectivity index (χ4v) is 4.82. The molecule has 0 bridgehead atoms. The van der Waals surface area contributed by atoms with Gasteiger partial charge in [-0.15, -0.1) is 5.10 Å². The summed E-state index contributed by atoms with van der Waals surface area (Å²) < 4.78 is 19.2. The molecule has 2 unspecified atom stereocenters. The van der Waals surface area contributed by atoms with Crippen LogP contribution in [-0.4, -0.2) is 46.5 Å². The second kappa shape index (κ2) is 14.2. The van der Waals surface area contributed by atoms with Gasteiger partial charge in [-0.3, -0.25) is 4.68 Å². The molecule has 0 saturated heterocycles. The Morgan fingerprint density at radius 3 is 2.67 bits per heavy atom. The summed E-state index contributed by atoms with van der Waals surface area (Å²) in [6, 6.07) is 4.04. The minimum atomic E-state index is 0.0614. The van der Waals surface area contributed by atoms with Gasteiger partial charge in [-0.25, -0.2) is 0 Å². The number of unbranched alkanes of at least 4 members (excludes halogenated alkanes) is 2. The third kappa shape index (κ3) is 8.20. The van der Waals surface area contributed by atoms with Crippen LogP contribution in [0.3, 0.4) is 0 Å². The number of benzene rings is 1. The Labute approximate surface area is 216 Å². The van der Waals surface area contributed by atoms with Crippen LogP contribution in [0.1, 0.15) is 75.6 Å². The summed E-state index contributed by atoms with van der Waals surface area (Å²) in [4.78, 5) is 0. The van der Waals surface area contributed by atoms with Crippen LogP contribution in [0.25, 0.3) is 0 Å². The maximum atomic E-state index is 11.2. The minimum absolute atomic E-state index is 0.0614. The number of rotatable bonds is 15. The molecule has 7 heteroatoms. The lowest BCUT2D eigenvalue weighted by atomic mass is 9.73. The number of allylic oxidation sites excluding steroid dienone is 3. The highest BCUT2D eigenvalue weighted by molar-refractivity contribution is 5.52. The fourth-order valence-electron chi connectivity index (χ4n) is 4.82. The molecule has 1 heterocycles. The van der Waals surface area contributed by atoms with E-state index in [1.807, 2.05) is 19.3 Å². The number of phenols is 1. The first-order valence-corrected chi connectivity index (χ1v) is 13.2. The second-order valence-corrected chi connectivity index (χ2v) is 9.91. The van der Waals surface area contributed by atoms with Crippen molar-refractivity contribution in [2.24, 2.45) is 13.0 Å². The Balaban J connectivity index is 1.61. The molecule has 198 valence electrons. The number of aryl methyl sites for hydroxylation is 2. The number of ether oxygens (including phenoxy) is 3. The van der Waals surface area contributed by atoms with Crippen molar-refractivity contribution in [2.75, 3.05) is 26.4 Å². The molecular weight excluding hydrogens is 454 g/mol. The van der Waals surface area contributed by atoms with Gasteiger partial charge in [0.25, 0.3) is 0 Å². The van der Waals surface area contributed by atoms with Crippen molar-refractivity contribution < 1.29 is 19.3 Å². The van der Waals surface area contributed by atoms with E-state index in [-0.39, 0.29) is 11.8 Å². The molecule has 1 aliphatic rings. The summed E-state index contributed by atoms with van der Waals surface area (Å²) in [7, 11) is 1.83. The highest BCUT2D eigenvalue weighted by atomic mass is 16.5. The lowest BCUT2D eigenvalue weighted by Gasteiger charge is -2.32. The van der Waals surface area contributed by atoms with E-state index >= 15 is 0 Å². The number of aromatic nitrogens is 3. The third-order valence-electron chi connectivity index (χ3n) is 6.72. The summed E-state index contributed by atoms with van der Waals surface area (Å²) in [5.41, 5.74) is 5.27. The van der Waals surface area contributed by atoms with E-state index in [9.17, 15) is 5.11 Å². The molecule has 0 saturated carbocycles. The largest absolute Gasteiger partial charge is 0.507 e. The molecule has 2 atom stereocenters. The zero-order valence-corrected chi connectivity index (χ0v) is 22.5. The molecule has 1 aromatic heterocycles. The zero-order valence-electron chi connectivity index (χ0n) is 22.5. The van der Waals surface area contributed by atoms with Crippen LogP contribution < -0.4 is 4.74 Å². The molecule has 0 radical (unpaired) electrons. The van der Waals surface area contributed by atoms with Gasteiger partial charge in [0.1, 0.15) is 23.8 Å². The van der Waals surface area contributed by atoms with Crippen LogP contribution in [0, 0.1) is 5.92 Å².